The summed E-state index contributed by atoms with van der Waals surface area (Å²) in [4.78, 5) is 28.7. The summed E-state index contributed by atoms with van der Waals surface area (Å²) in [5.74, 6) is 1.85. The lowest BCUT2D eigenvalue weighted by molar-refractivity contribution is -0.132. The fraction of sp³-hybridized carbons (Fsp3) is 0.262. The molecule has 8 rings (SSSR count). The van der Waals surface area contributed by atoms with Crippen LogP contribution < -0.4 is 15.0 Å². The van der Waals surface area contributed by atoms with Gasteiger partial charge in [-0.05, 0) is 116 Å². The lowest BCUT2D eigenvalue weighted by atomic mass is 9.77. The first-order valence-corrected chi connectivity index (χ1v) is 18.7. The SMILES string of the molecule is COc1ccc(/C=C2/CCCC3C2=NN(C(=O)C(C)Sc2nnc4n(-c5cccc(C)c5C)c(=O)c5ccccc5n24)C3c2ccc(OC)cc2)cc1. The fourth-order valence-corrected chi connectivity index (χ4v) is 8.46. The number of carbonyl (C=O) groups excluding carboxylic acids is 1. The Hall–Kier alpha value is -5.68. The molecule has 11 heteroatoms. The van der Waals surface area contributed by atoms with Crippen molar-refractivity contribution in [2.45, 2.75) is 56.5 Å². The summed E-state index contributed by atoms with van der Waals surface area (Å²) in [6.07, 6.45) is 4.97. The number of para-hydroxylation sites is 1. The van der Waals surface area contributed by atoms with Gasteiger partial charge >= 0.3 is 0 Å². The highest BCUT2D eigenvalue weighted by Crippen LogP contribution is 2.45. The monoisotopic (exact) mass is 724 g/mol. The van der Waals surface area contributed by atoms with Crippen molar-refractivity contribution in [1.82, 2.24) is 24.2 Å². The van der Waals surface area contributed by atoms with Crippen molar-refractivity contribution >= 4 is 46.1 Å². The van der Waals surface area contributed by atoms with Crippen LogP contribution in [0, 0.1) is 19.8 Å². The van der Waals surface area contributed by atoms with Gasteiger partial charge in [0.2, 0.25) is 5.78 Å². The van der Waals surface area contributed by atoms with Crippen molar-refractivity contribution in [3.63, 3.8) is 0 Å². The van der Waals surface area contributed by atoms with E-state index < -0.39 is 5.25 Å². The lowest BCUT2D eigenvalue weighted by Gasteiger charge is -2.30. The first kappa shape index (κ1) is 34.4. The normalized spacial score (nSPS) is 18.3. The Morgan fingerprint density at radius 3 is 2.36 bits per heavy atom. The molecule has 1 fully saturated rings. The molecule has 2 aromatic heterocycles. The minimum Gasteiger partial charge on any atom is -0.497 e. The third-order valence-electron chi connectivity index (χ3n) is 10.5. The summed E-state index contributed by atoms with van der Waals surface area (Å²) in [5.41, 5.74) is 7.45. The van der Waals surface area contributed by atoms with Crippen LogP contribution in [0.5, 0.6) is 11.5 Å². The van der Waals surface area contributed by atoms with Gasteiger partial charge in [0.1, 0.15) is 11.5 Å². The second-order valence-corrected chi connectivity index (χ2v) is 14.9. The van der Waals surface area contributed by atoms with Gasteiger partial charge in [-0.2, -0.15) is 5.10 Å². The first-order chi connectivity index (χ1) is 25.8. The number of aromatic nitrogens is 4. The number of benzene rings is 4. The number of carbonyl (C=O) groups is 1. The molecule has 0 radical (unpaired) electrons. The number of hydrogen-bond donors (Lipinski definition) is 0. The molecule has 3 atom stereocenters. The minimum absolute atomic E-state index is 0.0349. The second-order valence-electron chi connectivity index (χ2n) is 13.6. The molecule has 1 aliphatic heterocycles. The largest absolute Gasteiger partial charge is 0.497 e. The van der Waals surface area contributed by atoms with Gasteiger partial charge in [0.05, 0.1) is 47.8 Å². The Morgan fingerprint density at radius 2 is 1.62 bits per heavy atom. The average Bonchev–Trinajstić information content (AvgIpc) is 3.79. The van der Waals surface area contributed by atoms with E-state index in [1.54, 1.807) is 23.8 Å². The first-order valence-electron chi connectivity index (χ1n) is 17.8. The summed E-state index contributed by atoms with van der Waals surface area (Å²) in [6, 6.07) is 29.0. The predicted molar refractivity (Wildman–Crippen MR) is 209 cm³/mol. The van der Waals surface area contributed by atoms with E-state index in [1.165, 1.54) is 11.8 Å². The highest BCUT2D eigenvalue weighted by molar-refractivity contribution is 8.00. The van der Waals surface area contributed by atoms with Crippen molar-refractivity contribution < 1.29 is 14.3 Å². The van der Waals surface area contributed by atoms with Crippen LogP contribution in [0.4, 0.5) is 0 Å². The van der Waals surface area contributed by atoms with Gasteiger partial charge in [-0.3, -0.25) is 14.0 Å². The molecule has 3 unspecified atom stereocenters. The summed E-state index contributed by atoms with van der Waals surface area (Å²) < 4.78 is 14.3. The maximum Gasteiger partial charge on any atom is 0.267 e. The van der Waals surface area contributed by atoms with Crippen LogP contribution in [0.1, 0.15) is 54.5 Å². The molecule has 2 aliphatic rings. The molecule has 53 heavy (non-hydrogen) atoms. The van der Waals surface area contributed by atoms with E-state index in [-0.39, 0.29) is 23.4 Å². The number of thioether (sulfide) groups is 1. The summed E-state index contributed by atoms with van der Waals surface area (Å²) in [6.45, 7) is 5.91. The molecule has 4 aromatic carbocycles. The molecular weight excluding hydrogens is 685 g/mol. The smallest absolute Gasteiger partial charge is 0.267 e. The Kier molecular flexibility index (Phi) is 9.11. The Labute approximate surface area is 311 Å². The number of allylic oxidation sites excluding steroid dienone is 1. The Balaban J connectivity index is 1.19. The molecule has 0 saturated heterocycles. The number of amides is 1. The Bertz CT molecular complexity index is 2490. The van der Waals surface area contributed by atoms with Gasteiger partial charge in [0.15, 0.2) is 5.16 Å². The van der Waals surface area contributed by atoms with Crippen LogP contribution in [-0.2, 0) is 4.79 Å². The van der Waals surface area contributed by atoms with Crippen LogP contribution in [0.3, 0.4) is 0 Å². The number of rotatable bonds is 8. The molecule has 0 N–H and O–H groups in total. The number of aryl methyl sites for hydroxylation is 1. The summed E-state index contributed by atoms with van der Waals surface area (Å²) in [7, 11) is 3.31. The van der Waals surface area contributed by atoms with Crippen molar-refractivity contribution in [1.29, 1.82) is 0 Å². The molecule has 0 bridgehead atoms. The molecule has 1 saturated carbocycles. The molecule has 268 valence electrons. The van der Waals surface area contributed by atoms with E-state index in [1.807, 2.05) is 116 Å². The molecule has 6 aromatic rings. The molecule has 0 spiro atoms. The van der Waals surface area contributed by atoms with Crippen molar-refractivity contribution in [2.75, 3.05) is 14.2 Å². The van der Waals surface area contributed by atoms with Gasteiger partial charge in [-0.25, -0.2) is 9.58 Å². The number of fused-ring (bicyclic) bond motifs is 4. The number of hydrazone groups is 1. The van der Waals surface area contributed by atoms with Crippen LogP contribution in [0.2, 0.25) is 0 Å². The zero-order valence-electron chi connectivity index (χ0n) is 30.3. The molecule has 10 nitrogen and oxygen atoms in total. The topological polar surface area (TPSA) is 103 Å². The minimum atomic E-state index is -0.582. The number of methoxy groups -OCH3 is 2. The van der Waals surface area contributed by atoms with Crippen molar-refractivity contribution in [3.05, 3.63) is 129 Å². The van der Waals surface area contributed by atoms with Gasteiger partial charge < -0.3 is 9.47 Å². The number of nitrogens with zero attached hydrogens (tertiary/aromatic N) is 6. The molecule has 3 heterocycles. The fourth-order valence-electron chi connectivity index (χ4n) is 7.56. The quantitative estimate of drug-likeness (QED) is 0.147. The van der Waals surface area contributed by atoms with Crippen LogP contribution in [-0.4, -0.2) is 55.3 Å². The van der Waals surface area contributed by atoms with E-state index >= 15 is 0 Å². The third-order valence-corrected chi connectivity index (χ3v) is 11.5. The molecule has 1 amide bonds. The third kappa shape index (κ3) is 6.08. The van der Waals surface area contributed by atoms with Gasteiger partial charge in [-0.1, -0.05) is 60.3 Å². The van der Waals surface area contributed by atoms with Crippen LogP contribution in [0.15, 0.2) is 112 Å². The maximum absolute atomic E-state index is 14.7. The van der Waals surface area contributed by atoms with E-state index in [9.17, 15) is 9.59 Å². The number of hydrogen-bond acceptors (Lipinski definition) is 8. The van der Waals surface area contributed by atoms with Gasteiger partial charge in [-0.15, -0.1) is 10.2 Å². The predicted octanol–water partition coefficient (Wildman–Crippen LogP) is 7.97. The van der Waals surface area contributed by atoms with Crippen molar-refractivity contribution in [3.8, 4) is 17.2 Å². The van der Waals surface area contributed by atoms with E-state index in [4.69, 9.17) is 14.6 Å². The molecular formula is C42H40N6O4S. The zero-order valence-corrected chi connectivity index (χ0v) is 31.1. The zero-order chi connectivity index (χ0) is 36.8. The summed E-state index contributed by atoms with van der Waals surface area (Å²) >= 11 is 1.32. The number of ether oxygens (including phenoxy) is 2. The van der Waals surface area contributed by atoms with Crippen molar-refractivity contribution in [2.24, 2.45) is 11.0 Å². The Morgan fingerprint density at radius 1 is 0.906 bits per heavy atom. The molecule has 1 aliphatic carbocycles. The van der Waals surface area contributed by atoms with E-state index in [0.717, 1.165) is 70.0 Å². The van der Waals surface area contributed by atoms with E-state index in [2.05, 4.69) is 16.3 Å². The average molecular weight is 725 g/mol. The second kappa shape index (κ2) is 14.0. The standard InChI is InChI=1S/C42H40N6O4S/c1-25-10-8-15-35(26(25)2)46-40(50)33-12-6-7-14-36(33)47-41(46)43-44-42(47)53-27(3)39(49)48-38(29-18-22-32(52-5)23-19-29)34-13-9-11-30(37(34)45-48)24-28-16-20-31(51-4)21-17-28/h6-8,10,12,14-24,27,34,38H,9,11,13H2,1-5H3/b30-24-. The van der Waals surface area contributed by atoms with Crippen LogP contribution in [0.25, 0.3) is 28.4 Å². The van der Waals surface area contributed by atoms with Gasteiger partial charge in [0.25, 0.3) is 11.5 Å². The lowest BCUT2D eigenvalue weighted by Crippen LogP contribution is -2.36. The summed E-state index contributed by atoms with van der Waals surface area (Å²) in [5, 5.41) is 16.5. The van der Waals surface area contributed by atoms with Crippen LogP contribution >= 0.6 is 11.8 Å². The van der Waals surface area contributed by atoms with Gasteiger partial charge in [0, 0.05) is 5.92 Å². The van der Waals surface area contributed by atoms with E-state index in [0.29, 0.717) is 21.8 Å². The maximum atomic E-state index is 14.7. The highest BCUT2D eigenvalue weighted by Gasteiger charge is 2.45. The highest BCUT2D eigenvalue weighted by atomic mass is 32.2.